The van der Waals surface area contributed by atoms with Gasteiger partial charge in [0.15, 0.2) is 0 Å². The maximum atomic E-state index is 12.2. The molecule has 1 aliphatic heterocycles. The van der Waals surface area contributed by atoms with Crippen molar-refractivity contribution in [2.45, 2.75) is 38.5 Å². The van der Waals surface area contributed by atoms with E-state index >= 15 is 0 Å². The van der Waals surface area contributed by atoms with Gasteiger partial charge in [0.1, 0.15) is 0 Å². The van der Waals surface area contributed by atoms with Gasteiger partial charge < -0.3 is 5.32 Å². The molecule has 0 saturated carbocycles. The van der Waals surface area contributed by atoms with Crippen LogP contribution < -0.4 is 5.32 Å². The Morgan fingerprint density at radius 2 is 1.93 bits per heavy atom. The molecule has 0 aromatic rings. The van der Waals surface area contributed by atoms with Gasteiger partial charge in [-0.25, -0.2) is 0 Å². The number of thioether (sulfide) groups is 1. The molecule has 1 aliphatic rings. The van der Waals surface area contributed by atoms with Crippen molar-refractivity contribution in [3.05, 3.63) is 0 Å². The Labute approximate surface area is 86.8 Å². The highest BCUT2D eigenvalue weighted by Crippen LogP contribution is 2.26. The van der Waals surface area contributed by atoms with E-state index < -0.39 is 18.6 Å². The highest BCUT2D eigenvalue weighted by molar-refractivity contribution is 8.00. The molecular weight excluding hydrogens is 211 g/mol. The van der Waals surface area contributed by atoms with Crippen molar-refractivity contribution >= 4 is 11.8 Å². The third kappa shape index (κ3) is 4.09. The molecule has 1 unspecified atom stereocenters. The minimum Gasteiger partial charge on any atom is -0.309 e. The quantitative estimate of drug-likeness (QED) is 0.792. The summed E-state index contributed by atoms with van der Waals surface area (Å²) in [5, 5.41) is 3.07. The molecule has 1 rings (SSSR count). The fraction of sp³-hybridized carbons (Fsp3) is 1.00. The Kier molecular flexibility index (Phi) is 4.13. The van der Waals surface area contributed by atoms with E-state index in [1.54, 1.807) is 11.8 Å². The Morgan fingerprint density at radius 3 is 2.21 bits per heavy atom. The molecule has 0 aromatic carbocycles. The highest BCUT2D eigenvalue weighted by atomic mass is 32.2. The van der Waals surface area contributed by atoms with Gasteiger partial charge in [-0.15, -0.1) is 0 Å². The van der Waals surface area contributed by atoms with Crippen LogP contribution in [0.5, 0.6) is 0 Å². The maximum absolute atomic E-state index is 12.2. The van der Waals surface area contributed by atoms with E-state index in [9.17, 15) is 13.2 Å². The zero-order valence-corrected chi connectivity index (χ0v) is 9.21. The largest absolute Gasteiger partial charge is 0.390 e. The van der Waals surface area contributed by atoms with Crippen molar-refractivity contribution in [2.75, 3.05) is 11.5 Å². The Hall–Kier alpha value is 0.100. The summed E-state index contributed by atoms with van der Waals surface area (Å²) in [4.78, 5) is 0. The summed E-state index contributed by atoms with van der Waals surface area (Å²) >= 11 is 1.77. The average molecular weight is 227 g/mol. The number of nitrogens with one attached hydrogen (secondary N) is 1. The molecule has 0 spiro atoms. The monoisotopic (exact) mass is 227 g/mol. The summed E-state index contributed by atoms with van der Waals surface area (Å²) in [6.07, 6.45) is -4.77. The van der Waals surface area contributed by atoms with Crippen LogP contribution in [0.15, 0.2) is 0 Å². The molecule has 0 aromatic heterocycles. The number of hydrogen-bond donors (Lipinski definition) is 1. The zero-order valence-electron chi connectivity index (χ0n) is 8.40. The van der Waals surface area contributed by atoms with Crippen LogP contribution in [0.4, 0.5) is 13.2 Å². The van der Waals surface area contributed by atoms with Crippen molar-refractivity contribution in [3.63, 3.8) is 0 Å². The van der Waals surface area contributed by atoms with Gasteiger partial charge in [-0.3, -0.25) is 0 Å². The molecule has 1 atom stereocenters. The average Bonchev–Trinajstić information content (AvgIpc) is 1.91. The second kappa shape index (κ2) is 4.75. The van der Waals surface area contributed by atoms with Gasteiger partial charge in [0.25, 0.3) is 0 Å². The van der Waals surface area contributed by atoms with Gasteiger partial charge in [-0.1, -0.05) is 13.8 Å². The van der Waals surface area contributed by atoms with Gasteiger partial charge in [0.05, 0.1) is 6.42 Å². The zero-order chi connectivity index (χ0) is 10.8. The lowest BCUT2D eigenvalue weighted by atomic mass is 10.00. The van der Waals surface area contributed by atoms with Gasteiger partial charge in [0.2, 0.25) is 0 Å². The molecule has 1 saturated heterocycles. The summed E-state index contributed by atoms with van der Waals surface area (Å²) in [5.41, 5.74) is 0. The van der Waals surface area contributed by atoms with Gasteiger partial charge >= 0.3 is 6.18 Å². The van der Waals surface area contributed by atoms with E-state index in [0.29, 0.717) is 0 Å². The fourth-order valence-corrected chi connectivity index (χ4v) is 2.03. The standard InChI is InChI=1S/C9H16F3NS/c1-6(2)8(3-9(10,11)12)13-7-4-14-5-7/h6-8,13H,3-5H2,1-2H3. The number of hydrogen-bond acceptors (Lipinski definition) is 2. The van der Waals surface area contributed by atoms with Crippen LogP contribution >= 0.6 is 11.8 Å². The number of halogens is 3. The normalized spacial score (nSPS) is 21.0. The van der Waals surface area contributed by atoms with Crippen LogP contribution in [0.1, 0.15) is 20.3 Å². The summed E-state index contributed by atoms with van der Waals surface area (Å²) < 4.78 is 36.6. The van der Waals surface area contributed by atoms with Gasteiger partial charge in [-0.2, -0.15) is 24.9 Å². The third-order valence-corrected chi connectivity index (χ3v) is 3.62. The first-order valence-corrected chi connectivity index (χ1v) is 5.94. The van der Waals surface area contributed by atoms with Crippen LogP contribution in [-0.4, -0.2) is 29.8 Å². The Morgan fingerprint density at radius 1 is 1.36 bits per heavy atom. The number of alkyl halides is 3. The predicted molar refractivity (Wildman–Crippen MR) is 53.5 cm³/mol. The maximum Gasteiger partial charge on any atom is 0.390 e. The van der Waals surface area contributed by atoms with Crippen LogP contribution in [0.3, 0.4) is 0 Å². The van der Waals surface area contributed by atoms with Crippen molar-refractivity contribution in [3.8, 4) is 0 Å². The van der Waals surface area contributed by atoms with Crippen molar-refractivity contribution in [1.82, 2.24) is 5.32 Å². The second-order valence-corrected chi connectivity index (χ2v) is 5.15. The van der Waals surface area contributed by atoms with E-state index in [1.807, 2.05) is 13.8 Å². The van der Waals surface area contributed by atoms with Crippen LogP contribution in [0, 0.1) is 5.92 Å². The molecule has 0 amide bonds. The molecule has 84 valence electrons. The predicted octanol–water partition coefficient (Wildman–Crippen LogP) is 2.67. The molecule has 5 heteroatoms. The topological polar surface area (TPSA) is 12.0 Å². The molecule has 14 heavy (non-hydrogen) atoms. The van der Waals surface area contributed by atoms with Crippen LogP contribution in [-0.2, 0) is 0 Å². The lowest BCUT2D eigenvalue weighted by Crippen LogP contribution is -2.49. The fourth-order valence-electron chi connectivity index (χ4n) is 1.37. The summed E-state index contributed by atoms with van der Waals surface area (Å²) in [5.74, 6) is 1.92. The van der Waals surface area contributed by atoms with Crippen molar-refractivity contribution in [1.29, 1.82) is 0 Å². The second-order valence-electron chi connectivity index (χ2n) is 4.07. The van der Waals surface area contributed by atoms with Crippen molar-refractivity contribution < 1.29 is 13.2 Å². The molecular formula is C9H16F3NS. The lowest BCUT2D eigenvalue weighted by Gasteiger charge is -2.33. The van der Waals surface area contributed by atoms with E-state index in [2.05, 4.69) is 5.32 Å². The molecule has 0 aliphatic carbocycles. The van der Waals surface area contributed by atoms with E-state index in [1.165, 1.54) is 0 Å². The lowest BCUT2D eigenvalue weighted by molar-refractivity contribution is -0.142. The Bertz CT molecular complexity index is 177. The molecule has 1 nitrogen and oxygen atoms in total. The van der Waals surface area contributed by atoms with Crippen LogP contribution in [0.25, 0.3) is 0 Å². The summed E-state index contributed by atoms with van der Waals surface area (Å²) in [7, 11) is 0. The minimum atomic E-state index is -4.06. The first-order chi connectivity index (χ1) is 6.38. The highest BCUT2D eigenvalue weighted by Gasteiger charge is 2.34. The van der Waals surface area contributed by atoms with Gasteiger partial charge in [-0.05, 0) is 5.92 Å². The third-order valence-electron chi connectivity index (χ3n) is 2.34. The first-order valence-electron chi connectivity index (χ1n) is 4.79. The van der Waals surface area contributed by atoms with E-state index in [4.69, 9.17) is 0 Å². The summed E-state index contributed by atoms with van der Waals surface area (Å²) in [6.45, 7) is 3.66. The first kappa shape index (κ1) is 12.2. The Balaban J connectivity index is 2.38. The van der Waals surface area contributed by atoms with E-state index in [-0.39, 0.29) is 12.0 Å². The number of rotatable bonds is 4. The molecule has 1 heterocycles. The molecule has 1 fully saturated rings. The molecule has 0 bridgehead atoms. The minimum absolute atomic E-state index is 0.0298. The van der Waals surface area contributed by atoms with E-state index in [0.717, 1.165) is 11.5 Å². The smallest absolute Gasteiger partial charge is 0.309 e. The summed E-state index contributed by atoms with van der Waals surface area (Å²) in [6, 6.07) is -0.143. The van der Waals surface area contributed by atoms with Gasteiger partial charge in [0, 0.05) is 23.6 Å². The molecule has 1 N–H and O–H groups in total. The van der Waals surface area contributed by atoms with Crippen LogP contribution in [0.2, 0.25) is 0 Å². The SMILES string of the molecule is CC(C)C(CC(F)(F)F)NC1CSC1. The molecule has 0 radical (unpaired) electrons. The van der Waals surface area contributed by atoms with Crippen molar-refractivity contribution in [2.24, 2.45) is 5.92 Å².